The number of nitrogens with one attached hydrogen (secondary N) is 2. The van der Waals surface area contributed by atoms with E-state index < -0.39 is 0 Å². The van der Waals surface area contributed by atoms with E-state index in [1.54, 1.807) is 0 Å². The maximum atomic E-state index is 11.8. The predicted molar refractivity (Wildman–Crippen MR) is 63.8 cm³/mol. The van der Waals surface area contributed by atoms with Crippen LogP contribution in [0.1, 0.15) is 23.2 Å². The van der Waals surface area contributed by atoms with Gasteiger partial charge in [0.05, 0.1) is 11.8 Å². The molecule has 1 aromatic rings. The van der Waals surface area contributed by atoms with Crippen molar-refractivity contribution in [1.29, 1.82) is 0 Å². The van der Waals surface area contributed by atoms with Crippen LogP contribution in [-0.4, -0.2) is 35.6 Å². The zero-order valence-electron chi connectivity index (χ0n) is 9.65. The van der Waals surface area contributed by atoms with Gasteiger partial charge in [0.1, 0.15) is 5.75 Å². The minimum absolute atomic E-state index is 0.0134. The molecule has 0 aliphatic carbocycles. The third-order valence-electron chi connectivity index (χ3n) is 3.00. The van der Waals surface area contributed by atoms with E-state index in [9.17, 15) is 9.90 Å². The summed E-state index contributed by atoms with van der Waals surface area (Å²) in [5, 5.41) is 15.4. The largest absolute Gasteiger partial charge is 0.506 e. The monoisotopic (exact) mass is 235 g/mol. The van der Waals surface area contributed by atoms with Crippen LogP contribution in [0.4, 0.5) is 0 Å². The smallest absolute Gasteiger partial charge is 0.252 e. The summed E-state index contributed by atoms with van der Waals surface area (Å²) in [4.78, 5) is 15.5. The van der Waals surface area contributed by atoms with Gasteiger partial charge in [0.2, 0.25) is 0 Å². The molecule has 1 aliphatic rings. The number of hydrogen-bond donors (Lipinski definition) is 3. The highest BCUT2D eigenvalue weighted by Crippen LogP contribution is 2.11. The summed E-state index contributed by atoms with van der Waals surface area (Å²) in [6.45, 7) is 2.73. The number of nitrogens with zero attached hydrogens (tertiary/aromatic N) is 1. The molecule has 2 heterocycles. The molecule has 0 atom stereocenters. The molecule has 1 fully saturated rings. The second-order valence-electron chi connectivity index (χ2n) is 4.34. The minimum atomic E-state index is -0.174. The Kier molecular flexibility index (Phi) is 3.93. The van der Waals surface area contributed by atoms with Gasteiger partial charge < -0.3 is 15.7 Å². The van der Waals surface area contributed by atoms with Crippen LogP contribution < -0.4 is 10.6 Å². The first kappa shape index (κ1) is 11.9. The van der Waals surface area contributed by atoms with E-state index >= 15 is 0 Å². The Morgan fingerprint density at radius 1 is 1.47 bits per heavy atom. The fourth-order valence-electron chi connectivity index (χ4n) is 1.98. The van der Waals surface area contributed by atoms with Crippen molar-refractivity contribution in [2.45, 2.75) is 12.8 Å². The second-order valence-corrected chi connectivity index (χ2v) is 4.34. The molecule has 5 heteroatoms. The van der Waals surface area contributed by atoms with E-state index in [0.29, 0.717) is 18.0 Å². The SMILES string of the molecule is O=C(NCC1CCNCC1)c1cncc(O)c1. The summed E-state index contributed by atoms with van der Waals surface area (Å²) in [5.74, 6) is 0.386. The van der Waals surface area contributed by atoms with Crippen molar-refractivity contribution >= 4 is 5.91 Å². The van der Waals surface area contributed by atoms with Crippen LogP contribution in [0.2, 0.25) is 0 Å². The van der Waals surface area contributed by atoms with E-state index in [-0.39, 0.29) is 11.7 Å². The Balaban J connectivity index is 1.84. The highest BCUT2D eigenvalue weighted by atomic mass is 16.3. The summed E-state index contributed by atoms with van der Waals surface area (Å²) >= 11 is 0. The average Bonchev–Trinajstić information content (AvgIpc) is 2.37. The number of piperidine rings is 1. The number of pyridine rings is 1. The molecule has 0 aromatic carbocycles. The van der Waals surface area contributed by atoms with Crippen LogP contribution >= 0.6 is 0 Å². The van der Waals surface area contributed by atoms with Gasteiger partial charge in [-0.25, -0.2) is 0 Å². The quantitative estimate of drug-likeness (QED) is 0.714. The highest BCUT2D eigenvalue weighted by molar-refractivity contribution is 5.94. The first-order chi connectivity index (χ1) is 8.25. The fourth-order valence-corrected chi connectivity index (χ4v) is 1.98. The van der Waals surface area contributed by atoms with Crippen molar-refractivity contribution in [2.24, 2.45) is 5.92 Å². The van der Waals surface area contributed by atoms with Crippen molar-refractivity contribution in [3.8, 4) is 5.75 Å². The van der Waals surface area contributed by atoms with Crippen LogP contribution in [0.3, 0.4) is 0 Å². The molecule has 1 aliphatic heterocycles. The number of aromatic hydroxyl groups is 1. The molecule has 0 radical (unpaired) electrons. The zero-order valence-corrected chi connectivity index (χ0v) is 9.65. The van der Waals surface area contributed by atoms with Crippen LogP contribution in [0.15, 0.2) is 18.5 Å². The third kappa shape index (κ3) is 3.42. The molecule has 1 aromatic heterocycles. The minimum Gasteiger partial charge on any atom is -0.506 e. The lowest BCUT2D eigenvalue weighted by Gasteiger charge is -2.22. The third-order valence-corrected chi connectivity index (χ3v) is 3.00. The van der Waals surface area contributed by atoms with E-state index in [4.69, 9.17) is 0 Å². The van der Waals surface area contributed by atoms with Gasteiger partial charge in [-0.3, -0.25) is 9.78 Å². The summed E-state index contributed by atoms with van der Waals surface area (Å²) in [6, 6.07) is 1.42. The molecule has 1 amide bonds. The Labute approximate surface area is 100 Å². The number of aromatic nitrogens is 1. The number of rotatable bonds is 3. The first-order valence-corrected chi connectivity index (χ1v) is 5.88. The van der Waals surface area contributed by atoms with Crippen molar-refractivity contribution in [1.82, 2.24) is 15.6 Å². The molecular weight excluding hydrogens is 218 g/mol. The maximum absolute atomic E-state index is 11.8. The predicted octanol–water partition coefficient (Wildman–Crippen LogP) is 0.517. The Morgan fingerprint density at radius 2 is 2.24 bits per heavy atom. The van der Waals surface area contributed by atoms with E-state index in [0.717, 1.165) is 25.9 Å². The van der Waals surface area contributed by atoms with Gasteiger partial charge in [-0.05, 0) is 37.9 Å². The molecular formula is C12H17N3O2. The molecule has 0 saturated carbocycles. The van der Waals surface area contributed by atoms with Gasteiger partial charge in [0.25, 0.3) is 5.91 Å². The topological polar surface area (TPSA) is 74.2 Å². The molecule has 0 bridgehead atoms. The zero-order chi connectivity index (χ0) is 12.1. The van der Waals surface area contributed by atoms with Crippen molar-refractivity contribution in [2.75, 3.05) is 19.6 Å². The lowest BCUT2D eigenvalue weighted by molar-refractivity contribution is 0.0943. The number of amides is 1. The van der Waals surface area contributed by atoms with Gasteiger partial charge in [-0.15, -0.1) is 0 Å². The lowest BCUT2D eigenvalue weighted by Crippen LogP contribution is -2.35. The Hall–Kier alpha value is -1.62. The summed E-state index contributed by atoms with van der Waals surface area (Å²) in [6.07, 6.45) is 4.96. The normalized spacial score (nSPS) is 16.7. The summed E-state index contributed by atoms with van der Waals surface area (Å²) in [5.41, 5.74) is 0.402. The Bertz CT molecular complexity index is 389. The Morgan fingerprint density at radius 3 is 2.94 bits per heavy atom. The van der Waals surface area contributed by atoms with Gasteiger partial charge >= 0.3 is 0 Å². The molecule has 0 unspecified atom stereocenters. The van der Waals surface area contributed by atoms with E-state index in [1.807, 2.05) is 0 Å². The van der Waals surface area contributed by atoms with E-state index in [2.05, 4.69) is 15.6 Å². The van der Waals surface area contributed by atoms with Gasteiger partial charge in [0.15, 0.2) is 0 Å². The molecule has 0 spiro atoms. The molecule has 5 nitrogen and oxygen atoms in total. The van der Waals surface area contributed by atoms with Crippen LogP contribution in [-0.2, 0) is 0 Å². The van der Waals surface area contributed by atoms with Crippen molar-refractivity contribution < 1.29 is 9.90 Å². The number of carbonyl (C=O) groups is 1. The van der Waals surface area contributed by atoms with Crippen LogP contribution in [0.25, 0.3) is 0 Å². The van der Waals surface area contributed by atoms with E-state index in [1.165, 1.54) is 18.5 Å². The maximum Gasteiger partial charge on any atom is 0.252 e. The molecule has 17 heavy (non-hydrogen) atoms. The van der Waals surface area contributed by atoms with Crippen LogP contribution in [0.5, 0.6) is 5.75 Å². The van der Waals surface area contributed by atoms with Crippen LogP contribution in [0, 0.1) is 5.92 Å². The lowest BCUT2D eigenvalue weighted by atomic mass is 9.98. The number of carbonyl (C=O) groups excluding carboxylic acids is 1. The van der Waals surface area contributed by atoms with Gasteiger partial charge in [0, 0.05) is 12.7 Å². The average molecular weight is 235 g/mol. The highest BCUT2D eigenvalue weighted by Gasteiger charge is 2.14. The molecule has 1 saturated heterocycles. The fraction of sp³-hybridized carbons (Fsp3) is 0.500. The van der Waals surface area contributed by atoms with Crippen molar-refractivity contribution in [3.05, 3.63) is 24.0 Å². The van der Waals surface area contributed by atoms with Gasteiger partial charge in [-0.1, -0.05) is 0 Å². The standard InChI is InChI=1S/C12H17N3O2/c16-11-5-10(7-14-8-11)12(17)15-6-9-1-3-13-4-2-9/h5,7-9,13,16H,1-4,6H2,(H,15,17). The summed E-state index contributed by atoms with van der Waals surface area (Å²) < 4.78 is 0. The molecule has 3 N–H and O–H groups in total. The molecule has 2 rings (SSSR count). The first-order valence-electron chi connectivity index (χ1n) is 5.88. The van der Waals surface area contributed by atoms with Crippen molar-refractivity contribution in [3.63, 3.8) is 0 Å². The molecule has 92 valence electrons. The van der Waals surface area contributed by atoms with Gasteiger partial charge in [-0.2, -0.15) is 0 Å². The summed E-state index contributed by atoms with van der Waals surface area (Å²) in [7, 11) is 0. The second kappa shape index (κ2) is 5.63. The number of hydrogen-bond acceptors (Lipinski definition) is 4.